The second-order valence-corrected chi connectivity index (χ2v) is 4.33. The molecule has 0 aliphatic heterocycles. The first kappa shape index (κ1) is 11.6. The molecule has 0 aliphatic rings. The molecular formula is C13H9N3O2S. The Morgan fingerprint density at radius 2 is 2.05 bits per heavy atom. The molecule has 2 aromatic heterocycles. The Hall–Kier alpha value is -2.47. The number of furan rings is 1. The van der Waals surface area contributed by atoms with Gasteiger partial charge >= 0.3 is 0 Å². The summed E-state index contributed by atoms with van der Waals surface area (Å²) in [6, 6.07) is 10.4. The van der Waals surface area contributed by atoms with Crippen LogP contribution in [0.2, 0.25) is 0 Å². The Labute approximate surface area is 113 Å². The van der Waals surface area contributed by atoms with Crippen LogP contribution in [0.1, 0.15) is 0 Å². The molecule has 0 bridgehead atoms. The van der Waals surface area contributed by atoms with Crippen molar-refractivity contribution in [3.63, 3.8) is 0 Å². The molecule has 2 N–H and O–H groups in total. The molecule has 5 nitrogen and oxygen atoms in total. The van der Waals surface area contributed by atoms with Gasteiger partial charge in [-0.25, -0.2) is 9.55 Å². The van der Waals surface area contributed by atoms with Crippen LogP contribution in [0.3, 0.4) is 0 Å². The number of hydrogen-bond donors (Lipinski definition) is 1. The van der Waals surface area contributed by atoms with Gasteiger partial charge in [0.15, 0.2) is 16.7 Å². The largest absolute Gasteiger partial charge is 0.461 e. The van der Waals surface area contributed by atoms with Crippen molar-refractivity contribution in [2.75, 3.05) is 0 Å². The number of hydrogen-bond acceptors (Lipinski definition) is 4. The first-order valence-electron chi connectivity index (χ1n) is 5.54. The van der Waals surface area contributed by atoms with Crippen LogP contribution in [-0.2, 0) is 0 Å². The van der Waals surface area contributed by atoms with Gasteiger partial charge in [0, 0.05) is 0 Å². The number of nitrogens with two attached hydrogens (primary N) is 1. The minimum atomic E-state index is -0.301. The topological polar surface area (TPSA) is 74.1 Å². The molecule has 0 unspecified atom stereocenters. The lowest BCUT2D eigenvalue weighted by molar-refractivity contribution is 0.575. The number of rotatable bonds is 1. The van der Waals surface area contributed by atoms with Gasteiger partial charge in [0.2, 0.25) is 0 Å². The third kappa shape index (κ3) is 1.82. The van der Waals surface area contributed by atoms with Gasteiger partial charge in [-0.3, -0.25) is 4.79 Å². The highest BCUT2D eigenvalue weighted by Gasteiger charge is 2.15. The molecule has 0 amide bonds. The molecule has 1 aromatic carbocycles. The Morgan fingerprint density at radius 3 is 2.74 bits per heavy atom. The van der Waals surface area contributed by atoms with Gasteiger partial charge < -0.3 is 10.2 Å². The summed E-state index contributed by atoms with van der Waals surface area (Å²) < 4.78 is 6.45. The number of benzene rings is 1. The summed E-state index contributed by atoms with van der Waals surface area (Å²) >= 11 is 4.93. The van der Waals surface area contributed by atoms with Gasteiger partial charge in [-0.05, 0) is 36.5 Å². The van der Waals surface area contributed by atoms with Crippen molar-refractivity contribution in [3.05, 3.63) is 53.0 Å². The van der Waals surface area contributed by atoms with Gasteiger partial charge in [0.25, 0.3) is 5.56 Å². The lowest BCUT2D eigenvalue weighted by atomic mass is 10.2. The quantitative estimate of drug-likeness (QED) is 0.682. The molecule has 2 heterocycles. The van der Waals surface area contributed by atoms with Crippen molar-refractivity contribution < 1.29 is 4.42 Å². The standard InChI is InChI=1S/C13H9N3O2S/c14-13(19)16-11(10-6-3-7-18-10)15-9-5-2-1-4-8(9)12(16)17/h1-7H,(H2,14,19). The van der Waals surface area contributed by atoms with Crippen LogP contribution in [0.25, 0.3) is 22.5 Å². The maximum Gasteiger partial charge on any atom is 0.268 e. The van der Waals surface area contributed by atoms with E-state index in [1.54, 1.807) is 30.3 Å². The van der Waals surface area contributed by atoms with Gasteiger partial charge in [0.05, 0.1) is 17.2 Å². The summed E-state index contributed by atoms with van der Waals surface area (Å²) in [5.74, 6) is 0.747. The van der Waals surface area contributed by atoms with Crippen LogP contribution >= 0.6 is 12.2 Å². The summed E-state index contributed by atoms with van der Waals surface area (Å²) in [7, 11) is 0. The van der Waals surface area contributed by atoms with Crippen LogP contribution < -0.4 is 11.3 Å². The van der Waals surface area contributed by atoms with Crippen LogP contribution in [0.4, 0.5) is 0 Å². The molecule has 3 aromatic rings. The Balaban J connectivity index is 2.47. The van der Waals surface area contributed by atoms with Crippen molar-refractivity contribution in [3.8, 4) is 11.6 Å². The monoisotopic (exact) mass is 271 g/mol. The first-order valence-corrected chi connectivity index (χ1v) is 5.95. The molecule has 0 saturated heterocycles. The Morgan fingerprint density at radius 1 is 1.26 bits per heavy atom. The molecule has 0 radical (unpaired) electrons. The zero-order valence-electron chi connectivity index (χ0n) is 9.74. The number of para-hydroxylation sites is 1. The average Bonchev–Trinajstić information content (AvgIpc) is 2.92. The molecule has 0 saturated carbocycles. The molecule has 0 atom stereocenters. The third-order valence-electron chi connectivity index (χ3n) is 2.74. The summed E-state index contributed by atoms with van der Waals surface area (Å²) in [5.41, 5.74) is 5.90. The fourth-order valence-electron chi connectivity index (χ4n) is 1.91. The van der Waals surface area contributed by atoms with Gasteiger partial charge in [0.1, 0.15) is 0 Å². The van der Waals surface area contributed by atoms with Gasteiger partial charge in [-0.15, -0.1) is 0 Å². The molecule has 0 aliphatic carbocycles. The summed E-state index contributed by atoms with van der Waals surface area (Å²) in [5, 5.41) is 0.403. The van der Waals surface area contributed by atoms with E-state index in [9.17, 15) is 4.79 Å². The van der Waals surface area contributed by atoms with Crippen LogP contribution in [0.5, 0.6) is 0 Å². The van der Waals surface area contributed by atoms with Crippen molar-refractivity contribution in [2.45, 2.75) is 0 Å². The van der Waals surface area contributed by atoms with E-state index >= 15 is 0 Å². The fraction of sp³-hybridized carbons (Fsp3) is 0. The molecular weight excluding hydrogens is 262 g/mol. The predicted octanol–water partition coefficient (Wildman–Crippen LogP) is 1.75. The molecule has 0 fully saturated rings. The molecule has 3 rings (SSSR count). The van der Waals surface area contributed by atoms with E-state index in [4.69, 9.17) is 22.4 Å². The third-order valence-corrected chi connectivity index (χ3v) is 2.92. The highest BCUT2D eigenvalue weighted by atomic mass is 32.1. The number of aromatic nitrogens is 2. The summed E-state index contributed by atoms with van der Waals surface area (Å²) in [4.78, 5) is 16.8. The van der Waals surface area contributed by atoms with E-state index in [1.165, 1.54) is 10.8 Å². The highest BCUT2D eigenvalue weighted by Crippen LogP contribution is 2.18. The summed E-state index contributed by atoms with van der Waals surface area (Å²) in [6.45, 7) is 0. The number of fused-ring (bicyclic) bond motifs is 1. The second-order valence-electron chi connectivity index (χ2n) is 3.91. The fourth-order valence-corrected chi connectivity index (χ4v) is 2.08. The van der Waals surface area contributed by atoms with E-state index < -0.39 is 0 Å². The molecule has 6 heteroatoms. The van der Waals surface area contributed by atoms with Crippen LogP contribution in [-0.4, -0.2) is 14.7 Å². The van der Waals surface area contributed by atoms with Gasteiger partial charge in [-0.2, -0.15) is 0 Å². The first-order chi connectivity index (χ1) is 9.18. The van der Waals surface area contributed by atoms with E-state index in [2.05, 4.69) is 4.98 Å². The van der Waals surface area contributed by atoms with E-state index in [0.29, 0.717) is 22.5 Å². The Kier molecular flexibility index (Phi) is 2.64. The van der Waals surface area contributed by atoms with Crippen molar-refractivity contribution in [1.29, 1.82) is 0 Å². The maximum atomic E-state index is 12.4. The molecule has 19 heavy (non-hydrogen) atoms. The van der Waals surface area contributed by atoms with Crippen LogP contribution in [0.15, 0.2) is 51.9 Å². The minimum Gasteiger partial charge on any atom is -0.461 e. The zero-order chi connectivity index (χ0) is 13.4. The smallest absolute Gasteiger partial charge is 0.268 e. The SMILES string of the molecule is NC(=S)n1c(-c2ccco2)nc2ccccc2c1=O. The van der Waals surface area contributed by atoms with E-state index in [0.717, 1.165) is 0 Å². The second kappa shape index (κ2) is 4.33. The molecule has 94 valence electrons. The lowest BCUT2D eigenvalue weighted by Gasteiger charge is -2.09. The van der Waals surface area contributed by atoms with Gasteiger partial charge in [-0.1, -0.05) is 12.1 Å². The minimum absolute atomic E-state index is 0.0605. The normalized spacial score (nSPS) is 10.7. The van der Waals surface area contributed by atoms with E-state index in [1.807, 2.05) is 6.07 Å². The highest BCUT2D eigenvalue weighted by molar-refractivity contribution is 7.80. The maximum absolute atomic E-state index is 12.4. The zero-order valence-corrected chi connectivity index (χ0v) is 10.6. The average molecular weight is 271 g/mol. The number of nitrogens with zero attached hydrogens (tertiary/aromatic N) is 2. The predicted molar refractivity (Wildman–Crippen MR) is 75.9 cm³/mol. The summed E-state index contributed by atoms with van der Waals surface area (Å²) in [6.07, 6.45) is 1.50. The van der Waals surface area contributed by atoms with Crippen molar-refractivity contribution in [2.24, 2.45) is 5.73 Å². The van der Waals surface area contributed by atoms with Crippen molar-refractivity contribution >= 4 is 28.2 Å². The van der Waals surface area contributed by atoms with E-state index in [-0.39, 0.29) is 10.7 Å². The lowest BCUT2D eigenvalue weighted by Crippen LogP contribution is -2.33. The van der Waals surface area contributed by atoms with Crippen LogP contribution in [0, 0.1) is 0 Å². The molecule has 0 spiro atoms. The van der Waals surface area contributed by atoms with Crippen molar-refractivity contribution in [1.82, 2.24) is 9.55 Å². The Bertz CT molecular complexity index is 822. The number of thiocarbonyl (C=S) groups is 1.